The summed E-state index contributed by atoms with van der Waals surface area (Å²) in [5.41, 5.74) is 5.53. The van der Waals surface area contributed by atoms with Gasteiger partial charge in [0.1, 0.15) is 5.82 Å². The minimum Gasteiger partial charge on any atom is -0.296 e. The van der Waals surface area contributed by atoms with E-state index >= 15 is 0 Å². The van der Waals surface area contributed by atoms with E-state index in [-0.39, 0.29) is 0 Å². The van der Waals surface area contributed by atoms with E-state index in [0.29, 0.717) is 10.9 Å². The van der Waals surface area contributed by atoms with Crippen LogP contribution in [0.2, 0.25) is 5.02 Å². The summed E-state index contributed by atoms with van der Waals surface area (Å²) in [4.78, 5) is 4.70. The summed E-state index contributed by atoms with van der Waals surface area (Å²) in [6.45, 7) is 4.20. The Balaban J connectivity index is 2.32. The molecule has 0 aliphatic rings. The van der Waals surface area contributed by atoms with Crippen LogP contribution in [-0.2, 0) is 6.42 Å². The van der Waals surface area contributed by atoms with Crippen LogP contribution in [0.25, 0.3) is 16.7 Å². The Morgan fingerprint density at radius 2 is 1.76 bits per heavy atom. The monoisotopic (exact) mass is 318 g/mol. The Morgan fingerprint density at radius 1 is 1.05 bits per heavy atom. The first-order chi connectivity index (χ1) is 10.1. The molecular formula is C17H16Cl2N2. The molecule has 0 fully saturated rings. The number of aryl methyl sites for hydroxylation is 3. The number of hydrogen-bond acceptors (Lipinski definition) is 1. The first-order valence-electron chi connectivity index (χ1n) is 6.90. The van der Waals surface area contributed by atoms with E-state index in [4.69, 9.17) is 28.2 Å². The van der Waals surface area contributed by atoms with Crippen molar-refractivity contribution < 1.29 is 0 Å². The lowest BCUT2D eigenvalue weighted by atomic mass is 10.1. The minimum absolute atomic E-state index is 0.544. The van der Waals surface area contributed by atoms with E-state index in [1.165, 1.54) is 11.1 Å². The number of fused-ring (bicyclic) bond motifs is 1. The van der Waals surface area contributed by atoms with E-state index in [1.54, 1.807) is 0 Å². The summed E-state index contributed by atoms with van der Waals surface area (Å²) < 4.78 is 2.16. The second-order valence-corrected chi connectivity index (χ2v) is 6.10. The highest BCUT2D eigenvalue weighted by atomic mass is 35.5. The first-order valence-corrected chi connectivity index (χ1v) is 7.81. The van der Waals surface area contributed by atoms with Gasteiger partial charge in [0.15, 0.2) is 0 Å². The van der Waals surface area contributed by atoms with Gasteiger partial charge in [0.2, 0.25) is 0 Å². The van der Waals surface area contributed by atoms with Crippen molar-refractivity contribution in [1.82, 2.24) is 9.55 Å². The molecule has 0 saturated carbocycles. The van der Waals surface area contributed by atoms with Gasteiger partial charge in [0.25, 0.3) is 0 Å². The lowest BCUT2D eigenvalue weighted by molar-refractivity contribution is 0.910. The average molecular weight is 319 g/mol. The third-order valence-corrected chi connectivity index (χ3v) is 3.89. The molecular weight excluding hydrogens is 303 g/mol. The lowest BCUT2D eigenvalue weighted by Crippen LogP contribution is -2.03. The van der Waals surface area contributed by atoms with Crippen molar-refractivity contribution in [2.45, 2.75) is 20.3 Å². The van der Waals surface area contributed by atoms with Crippen molar-refractivity contribution in [1.29, 1.82) is 0 Å². The molecule has 0 amide bonds. The van der Waals surface area contributed by atoms with Crippen LogP contribution < -0.4 is 0 Å². The number of alkyl halides is 1. The summed E-state index contributed by atoms with van der Waals surface area (Å²) in [6.07, 6.45) is 0.723. The van der Waals surface area contributed by atoms with Gasteiger partial charge in [-0.1, -0.05) is 17.7 Å². The van der Waals surface area contributed by atoms with Gasteiger partial charge in [-0.3, -0.25) is 4.57 Å². The van der Waals surface area contributed by atoms with Crippen molar-refractivity contribution in [3.05, 3.63) is 58.4 Å². The molecule has 1 heterocycles. The van der Waals surface area contributed by atoms with Gasteiger partial charge in [0, 0.05) is 23.0 Å². The lowest BCUT2D eigenvalue weighted by Gasteiger charge is -2.11. The summed E-state index contributed by atoms with van der Waals surface area (Å²) in [5.74, 6) is 1.51. The zero-order chi connectivity index (χ0) is 15.0. The molecule has 4 heteroatoms. The van der Waals surface area contributed by atoms with Gasteiger partial charge < -0.3 is 0 Å². The van der Waals surface area contributed by atoms with Crippen LogP contribution in [0.3, 0.4) is 0 Å². The summed E-state index contributed by atoms with van der Waals surface area (Å²) in [7, 11) is 0. The van der Waals surface area contributed by atoms with Crippen LogP contribution in [0.1, 0.15) is 17.0 Å². The summed E-state index contributed by atoms with van der Waals surface area (Å²) >= 11 is 12.1. The normalized spacial score (nSPS) is 11.2. The second kappa shape index (κ2) is 5.70. The number of rotatable bonds is 3. The van der Waals surface area contributed by atoms with Crippen LogP contribution >= 0.6 is 23.2 Å². The topological polar surface area (TPSA) is 17.8 Å². The smallest absolute Gasteiger partial charge is 0.115 e. The van der Waals surface area contributed by atoms with Gasteiger partial charge in [-0.15, -0.1) is 11.6 Å². The molecule has 3 rings (SSSR count). The Morgan fingerprint density at radius 3 is 2.43 bits per heavy atom. The maximum Gasteiger partial charge on any atom is 0.115 e. The molecule has 0 radical (unpaired) electrons. The molecule has 0 aliphatic heterocycles. The van der Waals surface area contributed by atoms with Crippen LogP contribution in [0.5, 0.6) is 0 Å². The van der Waals surface area contributed by atoms with Gasteiger partial charge >= 0.3 is 0 Å². The van der Waals surface area contributed by atoms with Crippen LogP contribution in [0.4, 0.5) is 0 Å². The fourth-order valence-electron chi connectivity index (χ4n) is 2.72. The largest absolute Gasteiger partial charge is 0.296 e. The van der Waals surface area contributed by atoms with Crippen molar-refractivity contribution in [2.75, 3.05) is 5.88 Å². The molecule has 3 aromatic rings. The van der Waals surface area contributed by atoms with Crippen molar-refractivity contribution in [3.8, 4) is 5.69 Å². The fourth-order valence-corrected chi connectivity index (χ4v) is 3.05. The van der Waals surface area contributed by atoms with Crippen molar-refractivity contribution in [3.63, 3.8) is 0 Å². The van der Waals surface area contributed by atoms with E-state index < -0.39 is 0 Å². The Labute approximate surface area is 134 Å². The molecule has 0 aliphatic carbocycles. The molecule has 1 aromatic heterocycles. The van der Waals surface area contributed by atoms with Gasteiger partial charge in [-0.05, 0) is 55.3 Å². The van der Waals surface area contributed by atoms with Crippen LogP contribution in [0, 0.1) is 13.8 Å². The predicted molar refractivity (Wildman–Crippen MR) is 90.0 cm³/mol. The Kier molecular flexibility index (Phi) is 3.92. The zero-order valence-electron chi connectivity index (χ0n) is 12.0. The third-order valence-electron chi connectivity index (χ3n) is 3.47. The van der Waals surface area contributed by atoms with E-state index in [9.17, 15) is 0 Å². The molecule has 0 N–H and O–H groups in total. The highest BCUT2D eigenvalue weighted by Gasteiger charge is 2.13. The van der Waals surface area contributed by atoms with Gasteiger partial charge in [-0.2, -0.15) is 0 Å². The molecule has 2 nitrogen and oxygen atoms in total. The highest BCUT2D eigenvalue weighted by molar-refractivity contribution is 6.31. The Bertz CT molecular complexity index is 786. The number of halogens is 2. The maximum absolute atomic E-state index is 6.16. The minimum atomic E-state index is 0.544. The molecule has 21 heavy (non-hydrogen) atoms. The number of benzene rings is 2. The van der Waals surface area contributed by atoms with Crippen LogP contribution in [-0.4, -0.2) is 15.4 Å². The second-order valence-electron chi connectivity index (χ2n) is 5.28. The standard InChI is InChI=1S/C17H16Cl2N2/c1-11-7-12(2)9-14(8-11)21-16-10-13(19)3-4-15(16)20-17(21)5-6-18/h3-4,7-10H,5-6H2,1-2H3. The summed E-state index contributed by atoms with van der Waals surface area (Å²) in [6, 6.07) is 12.3. The van der Waals surface area contributed by atoms with Crippen molar-refractivity contribution in [2.24, 2.45) is 0 Å². The Hall–Kier alpha value is -1.51. The van der Waals surface area contributed by atoms with Crippen molar-refractivity contribution >= 4 is 34.2 Å². The van der Waals surface area contributed by atoms with Gasteiger partial charge in [0.05, 0.1) is 11.0 Å². The van der Waals surface area contributed by atoms with E-state index in [0.717, 1.165) is 29.0 Å². The predicted octanol–water partition coefficient (Wildman–Crippen LogP) is 5.08. The number of aromatic nitrogens is 2. The average Bonchev–Trinajstić information content (AvgIpc) is 2.75. The molecule has 0 saturated heterocycles. The third kappa shape index (κ3) is 2.78. The SMILES string of the molecule is Cc1cc(C)cc(-n2c(CCCl)nc3ccc(Cl)cc32)c1. The van der Waals surface area contributed by atoms with E-state index in [1.807, 2.05) is 18.2 Å². The van der Waals surface area contributed by atoms with Crippen LogP contribution in [0.15, 0.2) is 36.4 Å². The fraction of sp³-hybridized carbons (Fsp3) is 0.235. The molecule has 108 valence electrons. The molecule has 0 spiro atoms. The van der Waals surface area contributed by atoms with E-state index in [2.05, 4.69) is 36.6 Å². The van der Waals surface area contributed by atoms with Gasteiger partial charge in [-0.25, -0.2) is 4.98 Å². The molecule has 0 bridgehead atoms. The zero-order valence-corrected chi connectivity index (χ0v) is 13.5. The molecule has 0 atom stereocenters. The molecule has 2 aromatic carbocycles. The maximum atomic E-state index is 6.16. The summed E-state index contributed by atoms with van der Waals surface area (Å²) in [5, 5.41) is 0.713. The molecule has 0 unspecified atom stereocenters. The number of nitrogens with zero attached hydrogens (tertiary/aromatic N) is 2. The highest BCUT2D eigenvalue weighted by Crippen LogP contribution is 2.26. The number of imidazole rings is 1. The number of hydrogen-bond donors (Lipinski definition) is 0. The first kappa shape index (κ1) is 14.4. The quantitative estimate of drug-likeness (QED) is 0.616.